The Kier molecular flexibility index (Phi) is 10.0. The highest BCUT2D eigenvalue weighted by atomic mass is 19.1. The highest BCUT2D eigenvalue weighted by Gasteiger charge is 2.38. The summed E-state index contributed by atoms with van der Waals surface area (Å²) in [7, 11) is 3.41. The maximum atomic E-state index is 14.6. The number of likely N-dealkylation sites (tertiary alicyclic amines) is 1. The minimum atomic E-state index is -0.218. The normalized spacial score (nSPS) is 22.5. The molecular formula is C30H43FN4O4. The van der Waals surface area contributed by atoms with Crippen molar-refractivity contribution in [3.63, 3.8) is 0 Å². The monoisotopic (exact) mass is 542 g/mol. The summed E-state index contributed by atoms with van der Waals surface area (Å²) in [6.07, 6.45) is 10.6. The van der Waals surface area contributed by atoms with Crippen LogP contribution in [0.25, 0.3) is 0 Å². The molecule has 2 aliphatic heterocycles. The molecule has 2 atom stereocenters. The second-order valence-electron chi connectivity index (χ2n) is 11.2. The topological polar surface area (TPSA) is 69.2 Å². The molecule has 39 heavy (non-hydrogen) atoms. The Balaban J connectivity index is 0.979. The number of piperidine rings is 1. The van der Waals surface area contributed by atoms with E-state index >= 15 is 0 Å². The Labute approximate surface area is 231 Å². The van der Waals surface area contributed by atoms with E-state index in [0.717, 1.165) is 55.9 Å². The smallest absolute Gasteiger partial charge is 0.225 e. The van der Waals surface area contributed by atoms with Crippen molar-refractivity contribution in [3.05, 3.63) is 47.5 Å². The highest BCUT2D eigenvalue weighted by Crippen LogP contribution is 2.45. The molecule has 3 fully saturated rings. The van der Waals surface area contributed by atoms with Gasteiger partial charge in [0, 0.05) is 64.4 Å². The first-order chi connectivity index (χ1) is 19.1. The number of hydrogen-bond acceptors (Lipinski definition) is 8. The van der Waals surface area contributed by atoms with Crippen LogP contribution >= 0.6 is 0 Å². The maximum absolute atomic E-state index is 14.6. The number of ether oxygens (including phenoxy) is 4. The Bertz CT molecular complexity index is 1030. The van der Waals surface area contributed by atoms with Gasteiger partial charge >= 0.3 is 0 Å². The molecule has 9 heteroatoms. The lowest BCUT2D eigenvalue weighted by molar-refractivity contribution is -0.0845. The van der Waals surface area contributed by atoms with Crippen LogP contribution in [0.5, 0.6) is 5.75 Å². The summed E-state index contributed by atoms with van der Waals surface area (Å²) in [6.45, 7) is 6.08. The van der Waals surface area contributed by atoms with Gasteiger partial charge in [-0.2, -0.15) is 0 Å². The lowest BCUT2D eigenvalue weighted by Crippen LogP contribution is -2.52. The van der Waals surface area contributed by atoms with Crippen molar-refractivity contribution in [3.8, 4) is 5.75 Å². The van der Waals surface area contributed by atoms with E-state index < -0.39 is 0 Å². The molecule has 2 saturated heterocycles. The van der Waals surface area contributed by atoms with Gasteiger partial charge in [0.25, 0.3) is 0 Å². The minimum Gasteiger partial charge on any atom is -0.493 e. The first-order valence-corrected chi connectivity index (χ1v) is 14.4. The zero-order chi connectivity index (χ0) is 27.0. The van der Waals surface area contributed by atoms with Gasteiger partial charge in [-0.15, -0.1) is 0 Å². The van der Waals surface area contributed by atoms with Gasteiger partial charge in [-0.1, -0.05) is 6.07 Å². The van der Waals surface area contributed by atoms with Gasteiger partial charge in [0.05, 0.1) is 32.7 Å². The van der Waals surface area contributed by atoms with E-state index in [1.807, 2.05) is 24.5 Å². The van der Waals surface area contributed by atoms with Gasteiger partial charge < -0.3 is 23.8 Å². The Morgan fingerprint density at radius 1 is 1.00 bits per heavy atom. The number of methoxy groups -OCH3 is 2. The Hall–Kier alpha value is -2.33. The first kappa shape index (κ1) is 28.2. The fourth-order valence-electron chi connectivity index (χ4n) is 6.16. The van der Waals surface area contributed by atoms with E-state index in [4.69, 9.17) is 18.9 Å². The Morgan fingerprint density at radius 3 is 2.46 bits per heavy atom. The fraction of sp³-hybridized carbons (Fsp3) is 0.667. The minimum absolute atomic E-state index is 0.218. The van der Waals surface area contributed by atoms with Crippen LogP contribution in [0.3, 0.4) is 0 Å². The molecule has 1 aromatic carbocycles. The van der Waals surface area contributed by atoms with Gasteiger partial charge in [-0.25, -0.2) is 14.4 Å². The standard InChI is InChI=1S/C30H43FN4O4/c1-36-20-22-16-32-30(33-17-22)35-11-7-24(8-12-35)28-6-4-23(28)10-14-39-26-5-3-25(29(31)15-26)9-13-38-21-34-18-27(19-34)37-2/h3,5,15-17,23-24,27-28H,4,6-14,18-21H2,1-2H3. The predicted octanol–water partition coefficient (Wildman–Crippen LogP) is 4.32. The van der Waals surface area contributed by atoms with Crippen molar-refractivity contribution in [2.75, 3.05) is 65.2 Å². The second-order valence-corrected chi connectivity index (χ2v) is 11.2. The van der Waals surface area contributed by atoms with E-state index in [2.05, 4.69) is 19.8 Å². The van der Waals surface area contributed by atoms with E-state index in [1.165, 1.54) is 31.7 Å². The van der Waals surface area contributed by atoms with E-state index in [-0.39, 0.29) is 5.82 Å². The van der Waals surface area contributed by atoms with E-state index in [0.29, 0.717) is 56.3 Å². The van der Waals surface area contributed by atoms with Crippen LogP contribution in [0, 0.1) is 23.6 Å². The number of hydrogen-bond donors (Lipinski definition) is 0. The molecular weight excluding hydrogens is 499 g/mol. The molecule has 8 nitrogen and oxygen atoms in total. The number of halogens is 1. The predicted molar refractivity (Wildman–Crippen MR) is 147 cm³/mol. The van der Waals surface area contributed by atoms with E-state index in [1.54, 1.807) is 14.2 Å². The largest absolute Gasteiger partial charge is 0.493 e. The van der Waals surface area contributed by atoms with Crippen LogP contribution in [0.1, 0.15) is 43.2 Å². The van der Waals surface area contributed by atoms with Crippen molar-refractivity contribution in [2.45, 2.75) is 51.2 Å². The van der Waals surface area contributed by atoms with Crippen molar-refractivity contribution in [1.29, 1.82) is 0 Å². The molecule has 2 unspecified atom stereocenters. The third-order valence-electron chi connectivity index (χ3n) is 8.74. The lowest BCUT2D eigenvalue weighted by atomic mass is 9.63. The molecule has 0 amide bonds. The molecule has 0 N–H and O–H groups in total. The van der Waals surface area contributed by atoms with Gasteiger partial charge in [0.1, 0.15) is 11.6 Å². The SMILES string of the molecule is COCc1cnc(N2CCC(C3CCC3CCOc3ccc(CCOCN4CC(OC)C4)c(F)c3)CC2)nc1. The molecule has 3 heterocycles. The molecule has 5 rings (SSSR count). The molecule has 1 aliphatic carbocycles. The molecule has 2 aromatic rings. The average Bonchev–Trinajstić information content (AvgIpc) is 2.91. The number of nitrogens with zero attached hydrogens (tertiary/aromatic N) is 4. The summed E-state index contributed by atoms with van der Waals surface area (Å²) in [5, 5.41) is 0. The molecule has 0 spiro atoms. The molecule has 3 aliphatic rings. The molecule has 214 valence electrons. The summed E-state index contributed by atoms with van der Waals surface area (Å²) < 4.78 is 36.7. The Morgan fingerprint density at radius 2 is 1.79 bits per heavy atom. The van der Waals surface area contributed by atoms with Crippen LogP contribution < -0.4 is 9.64 Å². The van der Waals surface area contributed by atoms with Crippen molar-refractivity contribution < 1.29 is 23.3 Å². The van der Waals surface area contributed by atoms with Crippen LogP contribution in [-0.2, 0) is 27.2 Å². The third-order valence-corrected chi connectivity index (χ3v) is 8.74. The van der Waals surface area contributed by atoms with Crippen LogP contribution in [0.4, 0.5) is 10.3 Å². The van der Waals surface area contributed by atoms with Crippen molar-refractivity contribution in [2.24, 2.45) is 17.8 Å². The number of rotatable bonds is 14. The summed E-state index contributed by atoms with van der Waals surface area (Å²) in [5.74, 6) is 3.46. The van der Waals surface area contributed by atoms with Crippen molar-refractivity contribution >= 4 is 5.95 Å². The zero-order valence-corrected chi connectivity index (χ0v) is 23.4. The highest BCUT2D eigenvalue weighted by molar-refractivity contribution is 5.31. The number of aromatic nitrogens is 2. The average molecular weight is 543 g/mol. The molecule has 0 radical (unpaired) electrons. The quantitative estimate of drug-likeness (QED) is 0.327. The summed E-state index contributed by atoms with van der Waals surface area (Å²) in [6, 6.07) is 5.23. The second kappa shape index (κ2) is 13.8. The molecule has 1 saturated carbocycles. The van der Waals surface area contributed by atoms with Crippen molar-refractivity contribution in [1.82, 2.24) is 14.9 Å². The summed E-state index contributed by atoms with van der Waals surface area (Å²) in [5.41, 5.74) is 1.67. The van der Waals surface area contributed by atoms with Gasteiger partial charge in [-0.05, 0) is 67.9 Å². The summed E-state index contributed by atoms with van der Waals surface area (Å²) in [4.78, 5) is 13.6. The zero-order valence-electron chi connectivity index (χ0n) is 23.4. The number of benzene rings is 1. The fourth-order valence-corrected chi connectivity index (χ4v) is 6.16. The maximum Gasteiger partial charge on any atom is 0.225 e. The van der Waals surface area contributed by atoms with Crippen LogP contribution in [0.2, 0.25) is 0 Å². The van der Waals surface area contributed by atoms with Gasteiger partial charge in [0.2, 0.25) is 5.95 Å². The van der Waals surface area contributed by atoms with Gasteiger partial charge in [-0.3, -0.25) is 4.90 Å². The molecule has 1 aromatic heterocycles. The third kappa shape index (κ3) is 7.45. The molecule has 0 bridgehead atoms. The van der Waals surface area contributed by atoms with Crippen LogP contribution in [0.15, 0.2) is 30.6 Å². The van der Waals surface area contributed by atoms with Gasteiger partial charge in [0.15, 0.2) is 0 Å². The first-order valence-electron chi connectivity index (χ1n) is 14.4. The summed E-state index contributed by atoms with van der Waals surface area (Å²) >= 11 is 0. The number of anilines is 1. The lowest BCUT2D eigenvalue weighted by Gasteiger charge is -2.45. The van der Waals surface area contributed by atoms with Crippen LogP contribution in [-0.4, -0.2) is 81.3 Å². The van der Waals surface area contributed by atoms with E-state index in [9.17, 15) is 4.39 Å².